The van der Waals surface area contributed by atoms with Crippen molar-refractivity contribution in [3.05, 3.63) is 23.9 Å². The predicted octanol–water partition coefficient (Wildman–Crippen LogP) is 2.03. The number of carboxylic acids is 1. The van der Waals surface area contributed by atoms with Crippen LogP contribution in [-0.2, 0) is 4.74 Å². The molecular formula is C14H20N2O5. The molecule has 0 aliphatic heterocycles. The Hall–Kier alpha value is -2.31. The van der Waals surface area contributed by atoms with Crippen LogP contribution >= 0.6 is 0 Å². The Balaban J connectivity index is 2.44. The number of hydrogen-bond acceptors (Lipinski definition) is 5. The van der Waals surface area contributed by atoms with E-state index in [1.807, 2.05) is 0 Å². The van der Waals surface area contributed by atoms with Gasteiger partial charge in [-0.15, -0.1) is 0 Å². The van der Waals surface area contributed by atoms with E-state index in [2.05, 4.69) is 4.98 Å². The first-order chi connectivity index (χ1) is 9.69. The lowest BCUT2D eigenvalue weighted by molar-refractivity contribution is 0.0277. The lowest BCUT2D eigenvalue weighted by Gasteiger charge is -2.24. The fourth-order valence-electron chi connectivity index (χ4n) is 1.33. The number of carbonyl (C=O) groups is 2. The molecule has 0 aliphatic carbocycles. The Bertz CT molecular complexity index is 510. The van der Waals surface area contributed by atoms with Gasteiger partial charge < -0.3 is 19.5 Å². The minimum atomic E-state index is -1.12. The van der Waals surface area contributed by atoms with Gasteiger partial charge in [-0.05, 0) is 26.8 Å². The molecule has 0 saturated heterocycles. The monoisotopic (exact) mass is 296 g/mol. The molecule has 1 aromatic heterocycles. The maximum Gasteiger partial charge on any atom is 0.410 e. The average molecular weight is 296 g/mol. The molecule has 7 nitrogen and oxygen atoms in total. The summed E-state index contributed by atoms with van der Waals surface area (Å²) in [6.07, 6.45) is -0.446. The molecule has 21 heavy (non-hydrogen) atoms. The minimum Gasteiger partial charge on any atom is -0.477 e. The molecule has 0 bridgehead atoms. The van der Waals surface area contributed by atoms with E-state index in [9.17, 15) is 9.59 Å². The molecule has 1 heterocycles. The Morgan fingerprint density at radius 3 is 2.57 bits per heavy atom. The molecule has 1 aromatic rings. The van der Waals surface area contributed by atoms with Crippen LogP contribution in [0.5, 0.6) is 5.88 Å². The quantitative estimate of drug-likeness (QED) is 0.894. The summed E-state index contributed by atoms with van der Waals surface area (Å²) < 4.78 is 10.5. The summed E-state index contributed by atoms with van der Waals surface area (Å²) in [5, 5.41) is 8.82. The van der Waals surface area contributed by atoms with Gasteiger partial charge in [0.1, 0.15) is 12.2 Å². The molecule has 0 fully saturated rings. The van der Waals surface area contributed by atoms with E-state index in [4.69, 9.17) is 14.6 Å². The van der Waals surface area contributed by atoms with Crippen molar-refractivity contribution in [2.75, 3.05) is 20.2 Å². The van der Waals surface area contributed by atoms with Gasteiger partial charge in [0.05, 0.1) is 6.54 Å². The molecule has 116 valence electrons. The molecule has 0 atom stereocenters. The highest BCUT2D eigenvalue weighted by Gasteiger charge is 2.19. The molecule has 0 saturated carbocycles. The highest BCUT2D eigenvalue weighted by atomic mass is 16.6. The van der Waals surface area contributed by atoms with Crippen molar-refractivity contribution in [1.29, 1.82) is 0 Å². The van der Waals surface area contributed by atoms with E-state index in [1.54, 1.807) is 40.0 Å². The van der Waals surface area contributed by atoms with Gasteiger partial charge in [0.25, 0.3) is 0 Å². The smallest absolute Gasteiger partial charge is 0.410 e. The van der Waals surface area contributed by atoms with Crippen molar-refractivity contribution >= 4 is 12.1 Å². The SMILES string of the molecule is CN(CCOc1cccc(C(=O)O)n1)C(=O)OC(C)(C)C. The maximum atomic E-state index is 11.7. The van der Waals surface area contributed by atoms with Crippen LogP contribution in [0.25, 0.3) is 0 Å². The Morgan fingerprint density at radius 2 is 2.00 bits per heavy atom. The van der Waals surface area contributed by atoms with E-state index in [0.29, 0.717) is 6.54 Å². The van der Waals surface area contributed by atoms with E-state index in [0.717, 1.165) is 0 Å². The molecule has 1 rings (SSSR count). The van der Waals surface area contributed by atoms with Gasteiger partial charge in [-0.25, -0.2) is 14.6 Å². The minimum absolute atomic E-state index is 0.0898. The van der Waals surface area contributed by atoms with Crippen LogP contribution in [0.15, 0.2) is 18.2 Å². The van der Waals surface area contributed by atoms with Gasteiger partial charge in [0.2, 0.25) is 5.88 Å². The fraction of sp³-hybridized carbons (Fsp3) is 0.500. The van der Waals surface area contributed by atoms with Crippen LogP contribution in [0.4, 0.5) is 4.79 Å². The van der Waals surface area contributed by atoms with Crippen molar-refractivity contribution < 1.29 is 24.2 Å². The lowest BCUT2D eigenvalue weighted by Crippen LogP contribution is -2.36. The van der Waals surface area contributed by atoms with Gasteiger partial charge in [0, 0.05) is 13.1 Å². The van der Waals surface area contributed by atoms with Gasteiger partial charge in [-0.2, -0.15) is 0 Å². The first kappa shape index (κ1) is 16.7. The molecule has 1 amide bonds. The average Bonchev–Trinajstić information content (AvgIpc) is 2.37. The number of rotatable bonds is 5. The molecule has 0 radical (unpaired) electrons. The number of hydrogen-bond donors (Lipinski definition) is 1. The summed E-state index contributed by atoms with van der Waals surface area (Å²) in [4.78, 5) is 27.7. The number of likely N-dealkylation sites (N-methyl/N-ethyl adjacent to an activating group) is 1. The number of carbonyl (C=O) groups excluding carboxylic acids is 1. The summed E-state index contributed by atoms with van der Waals surface area (Å²) in [6, 6.07) is 4.48. The first-order valence-corrected chi connectivity index (χ1v) is 6.46. The largest absolute Gasteiger partial charge is 0.477 e. The van der Waals surface area contributed by atoms with Crippen molar-refractivity contribution in [2.45, 2.75) is 26.4 Å². The molecule has 0 aliphatic rings. The second-order valence-electron chi connectivity index (χ2n) is 5.42. The second-order valence-corrected chi connectivity index (χ2v) is 5.42. The third-order valence-corrected chi connectivity index (χ3v) is 2.32. The Morgan fingerprint density at radius 1 is 1.33 bits per heavy atom. The van der Waals surface area contributed by atoms with E-state index in [-0.39, 0.29) is 18.2 Å². The fourth-order valence-corrected chi connectivity index (χ4v) is 1.33. The predicted molar refractivity (Wildman–Crippen MR) is 75.6 cm³/mol. The van der Waals surface area contributed by atoms with Crippen LogP contribution in [0.2, 0.25) is 0 Å². The van der Waals surface area contributed by atoms with Crippen LogP contribution in [-0.4, -0.2) is 52.9 Å². The van der Waals surface area contributed by atoms with Crippen LogP contribution in [0.3, 0.4) is 0 Å². The zero-order valence-electron chi connectivity index (χ0n) is 12.6. The topological polar surface area (TPSA) is 89.0 Å². The number of ether oxygens (including phenoxy) is 2. The standard InChI is InChI=1S/C14H20N2O5/c1-14(2,3)21-13(19)16(4)8-9-20-11-7-5-6-10(15-11)12(17)18/h5-7H,8-9H2,1-4H3,(H,17,18). The molecule has 1 N–H and O–H groups in total. The Kier molecular flexibility index (Phi) is 5.52. The third-order valence-electron chi connectivity index (χ3n) is 2.32. The summed E-state index contributed by atoms with van der Waals surface area (Å²) in [5.41, 5.74) is -0.642. The van der Waals surface area contributed by atoms with E-state index < -0.39 is 17.7 Å². The lowest BCUT2D eigenvalue weighted by atomic mass is 10.2. The van der Waals surface area contributed by atoms with Crippen LogP contribution in [0.1, 0.15) is 31.3 Å². The number of aromatic nitrogens is 1. The zero-order valence-corrected chi connectivity index (χ0v) is 12.6. The zero-order chi connectivity index (χ0) is 16.0. The highest BCUT2D eigenvalue weighted by molar-refractivity contribution is 5.85. The van der Waals surface area contributed by atoms with Gasteiger partial charge in [-0.1, -0.05) is 6.07 Å². The first-order valence-electron chi connectivity index (χ1n) is 6.46. The maximum absolute atomic E-state index is 11.7. The summed E-state index contributed by atoms with van der Waals surface area (Å²) >= 11 is 0. The Labute approximate surface area is 123 Å². The number of nitrogens with zero attached hydrogens (tertiary/aromatic N) is 2. The van der Waals surface area contributed by atoms with Gasteiger partial charge >= 0.3 is 12.1 Å². The summed E-state index contributed by atoms with van der Waals surface area (Å²) in [6.45, 7) is 5.85. The van der Waals surface area contributed by atoms with Crippen LogP contribution in [0, 0.1) is 0 Å². The van der Waals surface area contributed by atoms with Crippen molar-refractivity contribution in [2.24, 2.45) is 0 Å². The summed E-state index contributed by atoms with van der Waals surface area (Å²) in [5.74, 6) is -0.918. The number of aromatic carboxylic acids is 1. The highest BCUT2D eigenvalue weighted by Crippen LogP contribution is 2.10. The van der Waals surface area contributed by atoms with Crippen molar-refractivity contribution in [3.63, 3.8) is 0 Å². The van der Waals surface area contributed by atoms with Crippen LogP contribution < -0.4 is 4.74 Å². The van der Waals surface area contributed by atoms with Gasteiger partial charge in [-0.3, -0.25) is 0 Å². The summed E-state index contributed by atoms with van der Waals surface area (Å²) in [7, 11) is 1.60. The number of amides is 1. The molecule has 0 spiro atoms. The third kappa shape index (κ3) is 6.11. The van der Waals surface area contributed by atoms with E-state index >= 15 is 0 Å². The molecule has 7 heteroatoms. The number of pyridine rings is 1. The molecule has 0 unspecified atom stereocenters. The normalized spacial score (nSPS) is 10.9. The van der Waals surface area contributed by atoms with Gasteiger partial charge in [0.15, 0.2) is 5.69 Å². The molecule has 0 aromatic carbocycles. The van der Waals surface area contributed by atoms with Crippen molar-refractivity contribution in [1.82, 2.24) is 9.88 Å². The second kappa shape index (κ2) is 6.92. The van der Waals surface area contributed by atoms with Crippen molar-refractivity contribution in [3.8, 4) is 5.88 Å². The van der Waals surface area contributed by atoms with E-state index in [1.165, 1.54) is 11.0 Å². The number of carboxylic acid groups (broad SMARTS) is 1. The molecular weight excluding hydrogens is 276 g/mol.